The van der Waals surface area contributed by atoms with Crippen LogP contribution in [0.5, 0.6) is 0 Å². The molecule has 140 valence electrons. The maximum atomic E-state index is 13.9. The fraction of sp³-hybridized carbons (Fsp3) is 0.167. The number of carbonyl (C=O) groups excluding carboxylic acids is 3. The monoisotopic (exact) mass is 437 g/mol. The van der Waals surface area contributed by atoms with E-state index in [1.807, 2.05) is 0 Å². The Morgan fingerprint density at radius 2 is 1.89 bits per heavy atom. The molecule has 0 aromatic heterocycles. The Morgan fingerprint density at radius 1 is 1.19 bits per heavy atom. The van der Waals surface area contributed by atoms with E-state index in [9.17, 15) is 23.2 Å². The minimum absolute atomic E-state index is 0.0569. The van der Waals surface area contributed by atoms with Crippen LogP contribution in [-0.2, 0) is 9.59 Å². The fourth-order valence-electron chi connectivity index (χ4n) is 2.86. The molecule has 3 N–H and O–H groups in total. The highest BCUT2D eigenvalue weighted by molar-refractivity contribution is 9.10. The summed E-state index contributed by atoms with van der Waals surface area (Å²) < 4.78 is 28.2. The van der Waals surface area contributed by atoms with Crippen molar-refractivity contribution in [1.82, 2.24) is 0 Å². The van der Waals surface area contributed by atoms with Gasteiger partial charge < -0.3 is 16.0 Å². The molecule has 2 aromatic rings. The second-order valence-corrected chi connectivity index (χ2v) is 6.88. The van der Waals surface area contributed by atoms with Crippen LogP contribution < -0.4 is 16.0 Å². The highest BCUT2D eigenvalue weighted by Gasteiger charge is 2.36. The third-order valence-corrected chi connectivity index (χ3v) is 4.89. The Bertz CT molecular complexity index is 951. The molecule has 1 saturated heterocycles. The van der Waals surface area contributed by atoms with Crippen molar-refractivity contribution in [3.63, 3.8) is 0 Å². The number of amides is 3. The van der Waals surface area contributed by atoms with Crippen LogP contribution >= 0.6 is 15.9 Å². The number of hydrogen-bond donors (Lipinski definition) is 2. The number of anilines is 2. The van der Waals surface area contributed by atoms with Crippen molar-refractivity contribution in [1.29, 1.82) is 0 Å². The standard InChI is InChI=1S/C18H14BrF2N3O3/c19-11-3-1-2-4-15(11)24-8-9(5-16(24)25)18(27)23-14-6-10(17(22)26)12(20)7-13(14)21/h1-4,6-7,9H,5,8H2,(H2,22,26)(H,23,27). The summed E-state index contributed by atoms with van der Waals surface area (Å²) in [7, 11) is 0. The maximum absolute atomic E-state index is 13.9. The first kappa shape index (κ1) is 19.0. The molecule has 1 fully saturated rings. The van der Waals surface area contributed by atoms with Gasteiger partial charge in [0.25, 0.3) is 5.91 Å². The molecule has 3 amide bonds. The van der Waals surface area contributed by atoms with Gasteiger partial charge in [-0.2, -0.15) is 0 Å². The van der Waals surface area contributed by atoms with Crippen molar-refractivity contribution in [2.75, 3.05) is 16.8 Å². The molecule has 9 heteroatoms. The van der Waals surface area contributed by atoms with Gasteiger partial charge in [0.15, 0.2) is 0 Å². The molecular weight excluding hydrogens is 424 g/mol. The van der Waals surface area contributed by atoms with Gasteiger partial charge in [-0.25, -0.2) is 8.78 Å². The van der Waals surface area contributed by atoms with Crippen molar-refractivity contribution in [2.45, 2.75) is 6.42 Å². The Labute approximate surface area is 161 Å². The molecule has 0 bridgehead atoms. The third kappa shape index (κ3) is 3.82. The molecule has 1 heterocycles. The van der Waals surface area contributed by atoms with Gasteiger partial charge in [-0.3, -0.25) is 14.4 Å². The lowest BCUT2D eigenvalue weighted by molar-refractivity contribution is -0.122. The number of benzene rings is 2. The van der Waals surface area contributed by atoms with E-state index in [0.717, 1.165) is 6.07 Å². The topological polar surface area (TPSA) is 92.5 Å². The number of rotatable bonds is 4. The van der Waals surface area contributed by atoms with Crippen LogP contribution in [0.2, 0.25) is 0 Å². The van der Waals surface area contributed by atoms with Gasteiger partial charge in [0, 0.05) is 23.5 Å². The van der Waals surface area contributed by atoms with Crippen LogP contribution in [0.4, 0.5) is 20.2 Å². The van der Waals surface area contributed by atoms with E-state index in [0.29, 0.717) is 16.2 Å². The van der Waals surface area contributed by atoms with Crippen molar-refractivity contribution < 1.29 is 23.2 Å². The van der Waals surface area contributed by atoms with E-state index in [4.69, 9.17) is 5.73 Å². The molecule has 3 rings (SSSR count). The molecular formula is C18H14BrF2N3O3. The average Bonchev–Trinajstić information content (AvgIpc) is 2.99. The summed E-state index contributed by atoms with van der Waals surface area (Å²) >= 11 is 3.36. The van der Waals surface area contributed by atoms with E-state index >= 15 is 0 Å². The number of para-hydroxylation sites is 1. The predicted molar refractivity (Wildman–Crippen MR) is 98.1 cm³/mol. The summed E-state index contributed by atoms with van der Waals surface area (Å²) in [6, 6.07) is 8.39. The first-order valence-electron chi connectivity index (χ1n) is 7.92. The Morgan fingerprint density at radius 3 is 2.56 bits per heavy atom. The highest BCUT2D eigenvalue weighted by atomic mass is 79.9. The quantitative estimate of drug-likeness (QED) is 0.769. The molecule has 2 aromatic carbocycles. The van der Waals surface area contributed by atoms with Crippen LogP contribution in [0.1, 0.15) is 16.8 Å². The molecule has 1 unspecified atom stereocenters. The molecule has 0 saturated carbocycles. The second kappa shape index (κ2) is 7.43. The normalized spacial score (nSPS) is 16.5. The highest BCUT2D eigenvalue weighted by Crippen LogP contribution is 2.32. The number of nitrogens with one attached hydrogen (secondary N) is 1. The zero-order chi connectivity index (χ0) is 19.7. The summed E-state index contributed by atoms with van der Waals surface area (Å²) in [6.45, 7) is 0.110. The van der Waals surface area contributed by atoms with Crippen LogP contribution in [-0.4, -0.2) is 24.3 Å². The number of carbonyl (C=O) groups is 3. The lowest BCUT2D eigenvalue weighted by atomic mass is 10.1. The van der Waals surface area contributed by atoms with E-state index in [1.54, 1.807) is 24.3 Å². The number of hydrogen-bond acceptors (Lipinski definition) is 3. The second-order valence-electron chi connectivity index (χ2n) is 6.02. The van der Waals surface area contributed by atoms with Gasteiger partial charge in [-0.1, -0.05) is 12.1 Å². The first-order valence-corrected chi connectivity index (χ1v) is 8.72. The van der Waals surface area contributed by atoms with Gasteiger partial charge in [0.2, 0.25) is 11.8 Å². The van der Waals surface area contributed by atoms with E-state index in [-0.39, 0.29) is 24.6 Å². The maximum Gasteiger partial charge on any atom is 0.251 e. The summed E-state index contributed by atoms with van der Waals surface area (Å²) in [6.07, 6.45) is -0.0569. The molecule has 1 aliphatic heterocycles. The van der Waals surface area contributed by atoms with Crippen molar-refractivity contribution >= 4 is 45.0 Å². The fourth-order valence-corrected chi connectivity index (χ4v) is 3.35. The van der Waals surface area contributed by atoms with Crippen molar-refractivity contribution in [3.05, 3.63) is 58.1 Å². The summed E-state index contributed by atoms with van der Waals surface area (Å²) in [5.74, 6) is -4.84. The molecule has 1 atom stereocenters. The van der Waals surface area contributed by atoms with Crippen LogP contribution in [0.25, 0.3) is 0 Å². The lowest BCUT2D eigenvalue weighted by Crippen LogP contribution is -2.28. The molecule has 27 heavy (non-hydrogen) atoms. The number of nitrogens with two attached hydrogens (primary N) is 1. The lowest BCUT2D eigenvalue weighted by Gasteiger charge is -2.18. The van der Waals surface area contributed by atoms with E-state index in [2.05, 4.69) is 21.2 Å². The van der Waals surface area contributed by atoms with E-state index in [1.165, 1.54) is 4.90 Å². The molecule has 1 aliphatic rings. The Hall–Kier alpha value is -2.81. The number of nitrogens with zero attached hydrogens (tertiary/aromatic N) is 1. The average molecular weight is 438 g/mol. The zero-order valence-electron chi connectivity index (χ0n) is 13.8. The number of halogens is 3. The summed E-state index contributed by atoms with van der Waals surface area (Å²) in [5.41, 5.74) is 4.75. The van der Waals surface area contributed by atoms with Gasteiger partial charge in [-0.05, 0) is 34.1 Å². The minimum Gasteiger partial charge on any atom is -0.366 e. The largest absolute Gasteiger partial charge is 0.366 e. The number of primary amides is 1. The molecule has 0 radical (unpaired) electrons. The SMILES string of the molecule is NC(=O)c1cc(NC(=O)C2CC(=O)N(c3ccccc3Br)C2)c(F)cc1F. The zero-order valence-corrected chi connectivity index (χ0v) is 15.4. The molecule has 0 spiro atoms. The summed E-state index contributed by atoms with van der Waals surface area (Å²) in [4.78, 5) is 37.4. The minimum atomic E-state index is -1.12. The predicted octanol–water partition coefficient (Wildman–Crippen LogP) is 2.82. The Balaban J connectivity index is 1.78. The van der Waals surface area contributed by atoms with Gasteiger partial charge in [0.05, 0.1) is 22.9 Å². The molecule has 6 nitrogen and oxygen atoms in total. The Kier molecular flexibility index (Phi) is 5.22. The third-order valence-electron chi connectivity index (χ3n) is 4.22. The van der Waals surface area contributed by atoms with Gasteiger partial charge >= 0.3 is 0 Å². The van der Waals surface area contributed by atoms with E-state index < -0.39 is 34.9 Å². The summed E-state index contributed by atoms with van der Waals surface area (Å²) in [5, 5.41) is 2.30. The first-order chi connectivity index (χ1) is 12.8. The smallest absolute Gasteiger partial charge is 0.251 e. The van der Waals surface area contributed by atoms with Gasteiger partial charge in [-0.15, -0.1) is 0 Å². The van der Waals surface area contributed by atoms with Gasteiger partial charge in [0.1, 0.15) is 11.6 Å². The van der Waals surface area contributed by atoms with Crippen molar-refractivity contribution in [3.8, 4) is 0 Å². The van der Waals surface area contributed by atoms with Crippen LogP contribution in [0.3, 0.4) is 0 Å². The van der Waals surface area contributed by atoms with Crippen LogP contribution in [0, 0.1) is 17.6 Å². The molecule has 0 aliphatic carbocycles. The van der Waals surface area contributed by atoms with Crippen LogP contribution in [0.15, 0.2) is 40.9 Å². The van der Waals surface area contributed by atoms with Crippen molar-refractivity contribution in [2.24, 2.45) is 11.7 Å².